The van der Waals surface area contributed by atoms with Gasteiger partial charge in [0, 0.05) is 18.6 Å². The molecule has 1 fully saturated rings. The number of nitrogens with zero attached hydrogens (tertiary/aromatic N) is 1. The number of hydrogen-bond donors (Lipinski definition) is 2. The second-order valence-corrected chi connectivity index (χ2v) is 5.60. The second kappa shape index (κ2) is 7.43. The van der Waals surface area contributed by atoms with E-state index in [1.807, 2.05) is 24.3 Å². The third-order valence-electron chi connectivity index (χ3n) is 4.26. The minimum atomic E-state index is -0.297. The molecule has 1 aliphatic rings. The van der Waals surface area contributed by atoms with Crippen LogP contribution in [0.2, 0.25) is 0 Å². The lowest BCUT2D eigenvalue weighted by atomic mass is 10.0. The van der Waals surface area contributed by atoms with Gasteiger partial charge in [-0.25, -0.2) is 0 Å². The van der Waals surface area contributed by atoms with Crippen LogP contribution in [-0.4, -0.2) is 37.0 Å². The molecule has 0 saturated heterocycles. The number of hydrogen-bond acceptors (Lipinski definition) is 4. The Labute approximate surface area is 126 Å². The third kappa shape index (κ3) is 3.95. The number of methoxy groups -OCH3 is 1. The van der Waals surface area contributed by atoms with Crippen molar-refractivity contribution in [2.24, 2.45) is 11.5 Å². The summed E-state index contributed by atoms with van der Waals surface area (Å²) in [7, 11) is 1.65. The van der Waals surface area contributed by atoms with Crippen LogP contribution in [0, 0.1) is 0 Å². The van der Waals surface area contributed by atoms with Crippen molar-refractivity contribution >= 4 is 5.91 Å². The fourth-order valence-corrected chi connectivity index (χ4v) is 3.20. The van der Waals surface area contributed by atoms with Gasteiger partial charge in [-0.1, -0.05) is 25.0 Å². The predicted octanol–water partition coefficient (Wildman–Crippen LogP) is 1.42. The van der Waals surface area contributed by atoms with Gasteiger partial charge in [-0.15, -0.1) is 0 Å². The van der Waals surface area contributed by atoms with Crippen LogP contribution in [0.15, 0.2) is 24.3 Å². The summed E-state index contributed by atoms with van der Waals surface area (Å²) >= 11 is 0. The molecule has 0 radical (unpaired) electrons. The largest absolute Gasteiger partial charge is 0.497 e. The van der Waals surface area contributed by atoms with Crippen molar-refractivity contribution in [3.63, 3.8) is 0 Å². The van der Waals surface area contributed by atoms with Gasteiger partial charge >= 0.3 is 0 Å². The Hall–Kier alpha value is -1.59. The van der Waals surface area contributed by atoms with E-state index >= 15 is 0 Å². The number of ether oxygens (including phenoxy) is 1. The van der Waals surface area contributed by atoms with E-state index in [4.69, 9.17) is 16.2 Å². The summed E-state index contributed by atoms with van der Waals surface area (Å²) in [6.45, 7) is 0.731. The number of nitrogens with two attached hydrogens (primary N) is 2. The predicted molar refractivity (Wildman–Crippen MR) is 82.9 cm³/mol. The maximum absolute atomic E-state index is 11.4. The lowest BCUT2D eigenvalue weighted by Gasteiger charge is -2.35. The highest BCUT2D eigenvalue weighted by atomic mass is 16.5. The average molecular weight is 291 g/mol. The maximum Gasteiger partial charge on any atom is 0.231 e. The van der Waals surface area contributed by atoms with Gasteiger partial charge in [-0.3, -0.25) is 9.69 Å². The smallest absolute Gasteiger partial charge is 0.231 e. The van der Waals surface area contributed by atoms with E-state index in [0.29, 0.717) is 12.6 Å². The molecule has 1 atom stereocenters. The van der Waals surface area contributed by atoms with Gasteiger partial charge in [-0.2, -0.15) is 0 Å². The van der Waals surface area contributed by atoms with Crippen molar-refractivity contribution in [3.8, 4) is 5.75 Å². The molecule has 1 amide bonds. The Bertz CT molecular complexity index is 455. The van der Waals surface area contributed by atoms with Gasteiger partial charge in [-0.05, 0) is 30.5 Å². The molecule has 0 heterocycles. The average Bonchev–Trinajstić information content (AvgIpc) is 3.01. The lowest BCUT2D eigenvalue weighted by Crippen LogP contribution is -2.44. The first kappa shape index (κ1) is 15.8. The maximum atomic E-state index is 11.4. The van der Waals surface area contributed by atoms with Crippen molar-refractivity contribution in [1.29, 1.82) is 0 Å². The Balaban J connectivity index is 2.22. The molecule has 1 aromatic rings. The molecule has 1 aromatic carbocycles. The first-order valence-corrected chi connectivity index (χ1v) is 7.53. The summed E-state index contributed by atoms with van der Waals surface area (Å²) < 4.78 is 5.19. The molecule has 0 aliphatic heterocycles. The van der Waals surface area contributed by atoms with Crippen molar-refractivity contribution in [1.82, 2.24) is 4.90 Å². The summed E-state index contributed by atoms with van der Waals surface area (Å²) in [5.41, 5.74) is 12.5. The van der Waals surface area contributed by atoms with Crippen molar-refractivity contribution in [3.05, 3.63) is 29.8 Å². The highest BCUT2D eigenvalue weighted by Gasteiger charge is 2.30. The summed E-state index contributed by atoms with van der Waals surface area (Å²) in [4.78, 5) is 13.6. The Morgan fingerprint density at radius 1 is 1.33 bits per heavy atom. The van der Waals surface area contributed by atoms with Crippen molar-refractivity contribution < 1.29 is 9.53 Å². The van der Waals surface area contributed by atoms with Gasteiger partial charge in [0.05, 0.1) is 13.7 Å². The Morgan fingerprint density at radius 3 is 2.43 bits per heavy atom. The quantitative estimate of drug-likeness (QED) is 0.796. The molecule has 0 spiro atoms. The first-order valence-electron chi connectivity index (χ1n) is 7.53. The molecule has 5 nitrogen and oxygen atoms in total. The van der Waals surface area contributed by atoms with E-state index in [0.717, 1.165) is 24.2 Å². The number of carbonyl (C=O) groups excluding carboxylic acids is 1. The van der Waals surface area contributed by atoms with Gasteiger partial charge < -0.3 is 16.2 Å². The number of amides is 1. The zero-order valence-electron chi connectivity index (χ0n) is 12.6. The monoisotopic (exact) mass is 291 g/mol. The summed E-state index contributed by atoms with van der Waals surface area (Å²) in [5, 5.41) is 0. The van der Waals surface area contributed by atoms with E-state index in [2.05, 4.69) is 4.90 Å². The molecule has 116 valence electrons. The van der Waals surface area contributed by atoms with E-state index in [1.165, 1.54) is 12.8 Å². The Kier molecular flexibility index (Phi) is 5.59. The van der Waals surface area contributed by atoms with Crippen LogP contribution >= 0.6 is 0 Å². The van der Waals surface area contributed by atoms with Crippen LogP contribution in [0.3, 0.4) is 0 Å². The molecule has 21 heavy (non-hydrogen) atoms. The summed E-state index contributed by atoms with van der Waals surface area (Å²) in [5.74, 6) is 0.519. The van der Waals surface area contributed by atoms with Gasteiger partial charge in [0.2, 0.25) is 5.91 Å². The van der Waals surface area contributed by atoms with Crippen molar-refractivity contribution in [2.75, 3.05) is 20.2 Å². The van der Waals surface area contributed by atoms with Gasteiger partial charge in [0.15, 0.2) is 0 Å². The zero-order chi connectivity index (χ0) is 15.2. The topological polar surface area (TPSA) is 81.6 Å². The van der Waals surface area contributed by atoms with Crippen LogP contribution in [-0.2, 0) is 4.79 Å². The molecule has 1 unspecified atom stereocenters. The number of primary amides is 1. The van der Waals surface area contributed by atoms with Gasteiger partial charge in [0.1, 0.15) is 5.75 Å². The molecule has 1 saturated carbocycles. The van der Waals surface area contributed by atoms with Crippen LogP contribution in [0.5, 0.6) is 5.75 Å². The van der Waals surface area contributed by atoms with Gasteiger partial charge in [0.25, 0.3) is 0 Å². The third-order valence-corrected chi connectivity index (χ3v) is 4.26. The molecule has 5 heteroatoms. The van der Waals surface area contributed by atoms with Crippen molar-refractivity contribution in [2.45, 2.75) is 37.8 Å². The second-order valence-electron chi connectivity index (χ2n) is 5.60. The van der Waals surface area contributed by atoms with E-state index in [9.17, 15) is 4.79 Å². The van der Waals surface area contributed by atoms with E-state index < -0.39 is 0 Å². The number of benzene rings is 1. The minimum Gasteiger partial charge on any atom is -0.497 e. The normalized spacial score (nSPS) is 17.1. The molecule has 1 aliphatic carbocycles. The standard InChI is InChI=1S/C16H25N3O2/c1-21-14-8-6-12(7-9-14)15(10-17)19(11-16(18)20)13-4-2-3-5-13/h6-9,13,15H,2-5,10-11,17H2,1H3,(H2,18,20). The Morgan fingerprint density at radius 2 is 1.95 bits per heavy atom. The number of rotatable bonds is 7. The fraction of sp³-hybridized carbons (Fsp3) is 0.562. The van der Waals surface area contributed by atoms with E-state index in [1.54, 1.807) is 7.11 Å². The SMILES string of the molecule is COc1ccc(C(CN)N(CC(N)=O)C2CCCC2)cc1. The van der Waals surface area contributed by atoms with Crippen LogP contribution < -0.4 is 16.2 Å². The molecular weight excluding hydrogens is 266 g/mol. The van der Waals surface area contributed by atoms with Crippen LogP contribution in [0.1, 0.15) is 37.3 Å². The highest BCUT2D eigenvalue weighted by molar-refractivity contribution is 5.76. The van der Waals surface area contributed by atoms with E-state index in [-0.39, 0.29) is 18.5 Å². The molecule has 0 aromatic heterocycles. The molecular formula is C16H25N3O2. The molecule has 4 N–H and O–H groups in total. The zero-order valence-corrected chi connectivity index (χ0v) is 12.6. The fourth-order valence-electron chi connectivity index (χ4n) is 3.20. The lowest BCUT2D eigenvalue weighted by molar-refractivity contribution is -0.120. The summed E-state index contributed by atoms with van der Waals surface area (Å²) in [6, 6.07) is 8.29. The first-order chi connectivity index (χ1) is 10.2. The minimum absolute atomic E-state index is 0.0199. The molecule has 2 rings (SSSR count). The number of carbonyl (C=O) groups is 1. The summed E-state index contributed by atoms with van der Waals surface area (Å²) in [6.07, 6.45) is 4.64. The van der Waals surface area contributed by atoms with Crippen LogP contribution in [0.4, 0.5) is 0 Å². The van der Waals surface area contributed by atoms with Crippen LogP contribution in [0.25, 0.3) is 0 Å². The molecule has 0 bridgehead atoms. The highest BCUT2D eigenvalue weighted by Crippen LogP contribution is 2.31.